The summed E-state index contributed by atoms with van der Waals surface area (Å²) >= 11 is 0. The lowest BCUT2D eigenvalue weighted by atomic mass is 9.94. The Balaban J connectivity index is 1.80. The average molecular weight is 272 g/mol. The Morgan fingerprint density at radius 3 is 2.55 bits per heavy atom. The summed E-state index contributed by atoms with van der Waals surface area (Å²) < 4.78 is 0. The first kappa shape index (κ1) is 14.1. The van der Waals surface area contributed by atoms with Gasteiger partial charge in [0.05, 0.1) is 0 Å². The fourth-order valence-electron chi connectivity index (χ4n) is 3.70. The molecule has 2 aliphatic rings. The van der Waals surface area contributed by atoms with E-state index in [0.717, 1.165) is 24.3 Å². The summed E-state index contributed by atoms with van der Waals surface area (Å²) in [6.07, 6.45) is 4.06. The van der Waals surface area contributed by atoms with Gasteiger partial charge in [-0.2, -0.15) is 0 Å². The normalized spacial score (nSPS) is 25.3. The van der Waals surface area contributed by atoms with Crippen molar-refractivity contribution in [3.63, 3.8) is 0 Å². The minimum absolute atomic E-state index is 0.426. The summed E-state index contributed by atoms with van der Waals surface area (Å²) in [7, 11) is 0. The lowest BCUT2D eigenvalue weighted by molar-refractivity contribution is 0.231. The van der Waals surface area contributed by atoms with Crippen LogP contribution in [0.3, 0.4) is 0 Å². The zero-order valence-electron chi connectivity index (χ0n) is 12.9. The molecule has 1 heterocycles. The molecule has 0 radical (unpaired) electrons. The van der Waals surface area contributed by atoms with Gasteiger partial charge in [0.25, 0.3) is 0 Å². The molecular formula is C18H28N2. The van der Waals surface area contributed by atoms with Crippen molar-refractivity contribution in [2.45, 2.75) is 45.1 Å². The predicted molar refractivity (Wildman–Crippen MR) is 84.7 cm³/mol. The molecule has 0 aromatic heterocycles. The Kier molecular flexibility index (Phi) is 4.13. The Morgan fingerprint density at radius 2 is 1.95 bits per heavy atom. The van der Waals surface area contributed by atoms with Crippen molar-refractivity contribution in [2.24, 2.45) is 17.6 Å². The first-order valence-electron chi connectivity index (χ1n) is 8.23. The van der Waals surface area contributed by atoms with Gasteiger partial charge in [0, 0.05) is 19.1 Å². The van der Waals surface area contributed by atoms with Crippen molar-refractivity contribution in [2.75, 3.05) is 19.6 Å². The Morgan fingerprint density at radius 1 is 1.20 bits per heavy atom. The number of likely N-dealkylation sites (tertiary alicyclic amines) is 1. The van der Waals surface area contributed by atoms with E-state index >= 15 is 0 Å². The first-order chi connectivity index (χ1) is 9.70. The lowest BCUT2D eigenvalue weighted by Gasteiger charge is -2.29. The molecule has 1 aliphatic heterocycles. The number of hydrogen-bond acceptors (Lipinski definition) is 2. The van der Waals surface area contributed by atoms with E-state index in [1.54, 1.807) is 5.56 Å². The first-order valence-corrected chi connectivity index (χ1v) is 8.23. The third-order valence-electron chi connectivity index (χ3n) is 5.24. The number of nitrogens with two attached hydrogens (primary N) is 1. The minimum atomic E-state index is 0.426. The number of rotatable bonds is 5. The van der Waals surface area contributed by atoms with E-state index in [2.05, 4.69) is 43.0 Å². The van der Waals surface area contributed by atoms with E-state index < -0.39 is 0 Å². The highest BCUT2D eigenvalue weighted by molar-refractivity contribution is 5.36. The Hall–Kier alpha value is -0.860. The summed E-state index contributed by atoms with van der Waals surface area (Å²) in [6.45, 7) is 7.88. The second-order valence-corrected chi connectivity index (χ2v) is 6.94. The van der Waals surface area contributed by atoms with Gasteiger partial charge < -0.3 is 5.73 Å². The van der Waals surface area contributed by atoms with Crippen molar-refractivity contribution in [3.8, 4) is 0 Å². The van der Waals surface area contributed by atoms with Crippen molar-refractivity contribution < 1.29 is 0 Å². The van der Waals surface area contributed by atoms with Crippen LogP contribution in [0, 0.1) is 11.8 Å². The molecule has 1 aliphatic carbocycles. The topological polar surface area (TPSA) is 29.3 Å². The van der Waals surface area contributed by atoms with Gasteiger partial charge in [-0.3, -0.25) is 4.90 Å². The van der Waals surface area contributed by atoms with Crippen LogP contribution in [0.1, 0.15) is 56.2 Å². The van der Waals surface area contributed by atoms with Crippen LogP contribution in [-0.4, -0.2) is 24.5 Å². The molecule has 3 rings (SSSR count). The quantitative estimate of drug-likeness (QED) is 0.888. The van der Waals surface area contributed by atoms with Crippen LogP contribution < -0.4 is 5.73 Å². The van der Waals surface area contributed by atoms with Crippen LogP contribution in [-0.2, 0) is 0 Å². The summed E-state index contributed by atoms with van der Waals surface area (Å²) in [5, 5.41) is 0. The van der Waals surface area contributed by atoms with E-state index in [-0.39, 0.29) is 0 Å². The molecule has 2 fully saturated rings. The second-order valence-electron chi connectivity index (χ2n) is 6.94. The van der Waals surface area contributed by atoms with E-state index in [9.17, 15) is 0 Å². The van der Waals surface area contributed by atoms with Crippen LogP contribution in [0.4, 0.5) is 0 Å². The lowest BCUT2D eigenvalue weighted by Crippen LogP contribution is -2.33. The molecule has 1 aromatic rings. The van der Waals surface area contributed by atoms with E-state index in [1.807, 2.05) is 0 Å². The molecule has 2 nitrogen and oxygen atoms in total. The maximum atomic E-state index is 6.15. The van der Waals surface area contributed by atoms with Crippen LogP contribution in [0.15, 0.2) is 24.3 Å². The van der Waals surface area contributed by atoms with E-state index in [0.29, 0.717) is 6.04 Å². The Labute approximate surface area is 123 Å². The van der Waals surface area contributed by atoms with Gasteiger partial charge in [-0.05, 0) is 54.7 Å². The minimum Gasteiger partial charge on any atom is -0.329 e. The van der Waals surface area contributed by atoms with Crippen LogP contribution in [0.5, 0.6) is 0 Å². The summed E-state index contributed by atoms with van der Waals surface area (Å²) in [6, 6.07) is 9.43. The van der Waals surface area contributed by atoms with Gasteiger partial charge in [0.15, 0.2) is 0 Å². The highest BCUT2D eigenvalue weighted by Gasteiger charge is 2.33. The van der Waals surface area contributed by atoms with Crippen molar-refractivity contribution >= 4 is 0 Å². The Bertz CT molecular complexity index is 450. The highest BCUT2D eigenvalue weighted by atomic mass is 15.2. The zero-order valence-corrected chi connectivity index (χ0v) is 12.9. The standard InChI is InChI=1S/C18H28N2/c1-13(2)15-9-10-20(12-15)18(11-19)17-6-4-3-5-16(17)14-7-8-14/h3-6,13-15,18H,7-12,19H2,1-2H3. The molecule has 110 valence electrons. The fourth-order valence-corrected chi connectivity index (χ4v) is 3.70. The van der Waals surface area contributed by atoms with Gasteiger partial charge in [-0.25, -0.2) is 0 Å². The molecule has 0 bridgehead atoms. The van der Waals surface area contributed by atoms with Crippen molar-refractivity contribution in [1.82, 2.24) is 4.90 Å². The van der Waals surface area contributed by atoms with Gasteiger partial charge in [-0.1, -0.05) is 38.1 Å². The smallest absolute Gasteiger partial charge is 0.0473 e. The number of nitrogens with zero attached hydrogens (tertiary/aromatic N) is 1. The van der Waals surface area contributed by atoms with Crippen LogP contribution in [0.2, 0.25) is 0 Å². The van der Waals surface area contributed by atoms with Gasteiger partial charge >= 0.3 is 0 Å². The molecule has 1 saturated carbocycles. The van der Waals surface area contributed by atoms with Crippen molar-refractivity contribution in [1.29, 1.82) is 0 Å². The van der Waals surface area contributed by atoms with Crippen molar-refractivity contribution in [3.05, 3.63) is 35.4 Å². The molecule has 0 spiro atoms. The molecule has 1 aromatic carbocycles. The highest BCUT2D eigenvalue weighted by Crippen LogP contribution is 2.44. The molecular weight excluding hydrogens is 244 g/mol. The molecule has 2 unspecified atom stereocenters. The van der Waals surface area contributed by atoms with E-state index in [4.69, 9.17) is 5.73 Å². The third-order valence-corrected chi connectivity index (χ3v) is 5.24. The SMILES string of the molecule is CC(C)C1CCN(C(CN)c2ccccc2C2CC2)C1. The predicted octanol–water partition coefficient (Wildman–Crippen LogP) is 3.54. The van der Waals surface area contributed by atoms with Crippen LogP contribution in [0.25, 0.3) is 0 Å². The largest absolute Gasteiger partial charge is 0.329 e. The molecule has 2 N–H and O–H groups in total. The molecule has 2 heteroatoms. The average Bonchev–Trinajstić information content (AvgIpc) is 3.18. The fraction of sp³-hybridized carbons (Fsp3) is 0.667. The summed E-state index contributed by atoms with van der Waals surface area (Å²) in [5.74, 6) is 2.44. The molecule has 1 saturated heterocycles. The molecule has 0 amide bonds. The maximum absolute atomic E-state index is 6.15. The molecule has 20 heavy (non-hydrogen) atoms. The van der Waals surface area contributed by atoms with Gasteiger partial charge in [-0.15, -0.1) is 0 Å². The van der Waals surface area contributed by atoms with Gasteiger partial charge in [0.2, 0.25) is 0 Å². The number of hydrogen-bond donors (Lipinski definition) is 1. The number of benzene rings is 1. The zero-order chi connectivity index (χ0) is 14.1. The monoisotopic (exact) mass is 272 g/mol. The summed E-state index contributed by atoms with van der Waals surface area (Å²) in [4.78, 5) is 2.63. The van der Waals surface area contributed by atoms with Crippen LogP contribution >= 0.6 is 0 Å². The van der Waals surface area contributed by atoms with Gasteiger partial charge in [0.1, 0.15) is 0 Å². The second kappa shape index (κ2) is 5.87. The third kappa shape index (κ3) is 2.77. The summed E-state index contributed by atoms with van der Waals surface area (Å²) in [5.41, 5.74) is 9.22. The van der Waals surface area contributed by atoms with E-state index in [1.165, 1.54) is 37.9 Å². The molecule has 2 atom stereocenters. The maximum Gasteiger partial charge on any atom is 0.0473 e.